The largest absolute Gasteiger partial charge is 0.497 e. The van der Waals surface area contributed by atoms with Crippen molar-refractivity contribution in [2.24, 2.45) is 0 Å². The summed E-state index contributed by atoms with van der Waals surface area (Å²) in [5.74, 6) is 1.26. The van der Waals surface area contributed by atoms with Gasteiger partial charge in [-0.25, -0.2) is 0 Å². The number of nitrogens with one attached hydrogen (secondary N) is 1. The number of rotatable bonds is 8. The van der Waals surface area contributed by atoms with E-state index in [2.05, 4.69) is 22.5 Å². The van der Waals surface area contributed by atoms with Gasteiger partial charge in [0, 0.05) is 5.56 Å². The van der Waals surface area contributed by atoms with E-state index < -0.39 is 0 Å². The van der Waals surface area contributed by atoms with Crippen LogP contribution in [0.2, 0.25) is 0 Å². The average Bonchev–Trinajstić information content (AvgIpc) is 3.16. The minimum absolute atomic E-state index is 0.154. The number of nitrogens with zero attached hydrogens (tertiary/aromatic N) is 2. The fourth-order valence-corrected chi connectivity index (χ4v) is 3.40. The second kappa shape index (κ2) is 9.28. The molecule has 1 atom stereocenters. The van der Waals surface area contributed by atoms with Crippen LogP contribution in [0.1, 0.15) is 47.1 Å². The number of benzene rings is 2. The normalized spacial score (nSPS) is 11.7. The Kier molecular flexibility index (Phi) is 6.54. The monoisotopic (exact) mass is 393 g/mol. The number of carbonyl (C=O) groups excluding carboxylic acids is 1. The molecule has 1 heterocycles. The zero-order valence-electron chi connectivity index (χ0n) is 17.3. The molecule has 1 unspecified atom stereocenters. The van der Waals surface area contributed by atoms with Crippen molar-refractivity contribution in [2.75, 3.05) is 14.2 Å². The lowest BCUT2D eigenvalue weighted by Gasteiger charge is -2.18. The molecule has 0 bridgehead atoms. The van der Waals surface area contributed by atoms with Gasteiger partial charge in [-0.3, -0.25) is 9.48 Å². The van der Waals surface area contributed by atoms with Gasteiger partial charge in [0.25, 0.3) is 5.91 Å². The van der Waals surface area contributed by atoms with Crippen molar-refractivity contribution in [2.45, 2.75) is 32.9 Å². The quantitative estimate of drug-likeness (QED) is 0.628. The van der Waals surface area contributed by atoms with Crippen LogP contribution in [-0.4, -0.2) is 29.9 Å². The van der Waals surface area contributed by atoms with Crippen LogP contribution in [-0.2, 0) is 13.0 Å². The van der Waals surface area contributed by atoms with Crippen LogP contribution < -0.4 is 14.8 Å². The zero-order chi connectivity index (χ0) is 20.8. The van der Waals surface area contributed by atoms with E-state index in [1.54, 1.807) is 20.4 Å². The van der Waals surface area contributed by atoms with Crippen LogP contribution in [0.5, 0.6) is 11.5 Å². The van der Waals surface area contributed by atoms with E-state index in [0.717, 1.165) is 16.8 Å². The van der Waals surface area contributed by atoms with Gasteiger partial charge in [0.05, 0.1) is 44.3 Å². The molecule has 0 spiro atoms. The summed E-state index contributed by atoms with van der Waals surface area (Å²) in [5, 5.41) is 7.52. The Bertz CT molecular complexity index is 967. The van der Waals surface area contributed by atoms with Crippen LogP contribution in [0, 0.1) is 0 Å². The van der Waals surface area contributed by atoms with Crippen LogP contribution >= 0.6 is 0 Å². The molecule has 152 valence electrons. The van der Waals surface area contributed by atoms with Crippen molar-refractivity contribution < 1.29 is 14.3 Å². The average molecular weight is 393 g/mol. The number of hydrogen-bond acceptors (Lipinski definition) is 4. The Labute approximate surface area is 171 Å². The van der Waals surface area contributed by atoms with Gasteiger partial charge in [-0.2, -0.15) is 5.10 Å². The first-order chi connectivity index (χ1) is 14.1. The highest BCUT2D eigenvalue weighted by molar-refractivity contribution is 5.95. The number of ether oxygens (including phenoxy) is 2. The summed E-state index contributed by atoms with van der Waals surface area (Å²) in [6.07, 6.45) is 2.36. The minimum atomic E-state index is -0.255. The third kappa shape index (κ3) is 4.59. The molecule has 6 nitrogen and oxygen atoms in total. The maximum Gasteiger partial charge on any atom is 0.255 e. The Morgan fingerprint density at radius 2 is 1.90 bits per heavy atom. The van der Waals surface area contributed by atoms with Crippen molar-refractivity contribution >= 4 is 5.91 Å². The van der Waals surface area contributed by atoms with Gasteiger partial charge in [-0.1, -0.05) is 37.3 Å². The Balaban J connectivity index is 1.80. The lowest BCUT2D eigenvalue weighted by Crippen LogP contribution is -2.27. The Hall–Kier alpha value is -3.28. The van der Waals surface area contributed by atoms with Crippen LogP contribution in [0.15, 0.2) is 54.7 Å². The summed E-state index contributed by atoms with van der Waals surface area (Å²) < 4.78 is 12.6. The third-order valence-corrected chi connectivity index (χ3v) is 4.95. The van der Waals surface area contributed by atoms with Gasteiger partial charge in [-0.05, 0) is 37.1 Å². The van der Waals surface area contributed by atoms with E-state index in [1.165, 1.54) is 0 Å². The predicted molar refractivity (Wildman–Crippen MR) is 113 cm³/mol. The van der Waals surface area contributed by atoms with E-state index in [0.29, 0.717) is 30.0 Å². The predicted octanol–water partition coefficient (Wildman–Crippen LogP) is 4.00. The van der Waals surface area contributed by atoms with Gasteiger partial charge < -0.3 is 14.8 Å². The Morgan fingerprint density at radius 1 is 1.14 bits per heavy atom. The maximum atomic E-state index is 13.0. The second-order valence-electron chi connectivity index (χ2n) is 6.80. The van der Waals surface area contributed by atoms with Gasteiger partial charge in [0.15, 0.2) is 0 Å². The van der Waals surface area contributed by atoms with Crippen molar-refractivity contribution in [3.8, 4) is 11.5 Å². The van der Waals surface area contributed by atoms with E-state index in [1.807, 2.05) is 54.9 Å². The molecule has 0 aliphatic carbocycles. The van der Waals surface area contributed by atoms with Crippen LogP contribution in [0.3, 0.4) is 0 Å². The first-order valence-electron chi connectivity index (χ1n) is 9.68. The summed E-state index contributed by atoms with van der Waals surface area (Å²) in [7, 11) is 3.23. The molecule has 2 aromatic carbocycles. The molecule has 0 saturated carbocycles. The van der Waals surface area contributed by atoms with Gasteiger partial charge in [0.1, 0.15) is 11.5 Å². The van der Waals surface area contributed by atoms with Gasteiger partial charge in [-0.15, -0.1) is 0 Å². The molecule has 6 heteroatoms. The molecule has 29 heavy (non-hydrogen) atoms. The molecule has 3 rings (SSSR count). The molecule has 3 aromatic rings. The molecule has 1 aromatic heterocycles. The highest BCUT2D eigenvalue weighted by atomic mass is 16.5. The molecule has 0 aliphatic heterocycles. The molecule has 1 N–H and O–H groups in total. The van der Waals surface area contributed by atoms with E-state index >= 15 is 0 Å². The summed E-state index contributed by atoms with van der Waals surface area (Å²) in [4.78, 5) is 13.0. The van der Waals surface area contributed by atoms with Crippen molar-refractivity contribution in [3.05, 3.63) is 77.1 Å². The fourth-order valence-electron chi connectivity index (χ4n) is 3.40. The summed E-state index contributed by atoms with van der Waals surface area (Å²) >= 11 is 0. The smallest absolute Gasteiger partial charge is 0.255 e. The van der Waals surface area contributed by atoms with Crippen LogP contribution in [0.4, 0.5) is 0 Å². The second-order valence-corrected chi connectivity index (χ2v) is 6.80. The number of carbonyl (C=O) groups is 1. The highest BCUT2D eigenvalue weighted by Crippen LogP contribution is 2.29. The molecular formula is C23H27N3O3. The molecule has 0 aliphatic rings. The lowest BCUT2D eigenvalue weighted by molar-refractivity contribution is 0.0938. The minimum Gasteiger partial charge on any atom is -0.497 e. The van der Waals surface area contributed by atoms with Gasteiger partial charge in [0.2, 0.25) is 0 Å². The molecule has 0 radical (unpaired) electrons. The lowest BCUT2D eigenvalue weighted by atomic mass is 10.1. The molecule has 0 fully saturated rings. The van der Waals surface area contributed by atoms with E-state index in [4.69, 9.17) is 9.47 Å². The standard InChI is InChI=1S/C23H27N3O3/c1-5-21-20(14-24-26(21)15-17-9-7-6-8-10-17)23(27)25-16(2)19-13-18(28-3)11-12-22(19)29-4/h6-14,16H,5,15H2,1-4H3,(H,25,27). The summed E-state index contributed by atoms with van der Waals surface area (Å²) in [5.41, 5.74) is 3.51. The van der Waals surface area contributed by atoms with Crippen molar-refractivity contribution in [1.29, 1.82) is 0 Å². The highest BCUT2D eigenvalue weighted by Gasteiger charge is 2.20. The number of amides is 1. The maximum absolute atomic E-state index is 13.0. The molecule has 0 saturated heterocycles. The fraction of sp³-hybridized carbons (Fsp3) is 0.304. The first-order valence-corrected chi connectivity index (χ1v) is 9.68. The van der Waals surface area contributed by atoms with Crippen LogP contribution in [0.25, 0.3) is 0 Å². The third-order valence-electron chi connectivity index (χ3n) is 4.95. The summed E-state index contributed by atoms with van der Waals surface area (Å²) in [6, 6.07) is 15.4. The van der Waals surface area contributed by atoms with E-state index in [-0.39, 0.29) is 11.9 Å². The number of hydrogen-bond donors (Lipinski definition) is 1. The van der Waals surface area contributed by atoms with Gasteiger partial charge >= 0.3 is 0 Å². The summed E-state index contributed by atoms with van der Waals surface area (Å²) in [6.45, 7) is 4.59. The molecule has 1 amide bonds. The van der Waals surface area contributed by atoms with E-state index in [9.17, 15) is 4.79 Å². The SMILES string of the molecule is CCc1c(C(=O)NC(C)c2cc(OC)ccc2OC)cnn1Cc1ccccc1. The Morgan fingerprint density at radius 3 is 2.55 bits per heavy atom. The first kappa shape index (κ1) is 20.5. The topological polar surface area (TPSA) is 65.4 Å². The van der Waals surface area contributed by atoms with Crippen molar-refractivity contribution in [3.63, 3.8) is 0 Å². The zero-order valence-corrected chi connectivity index (χ0v) is 17.3. The van der Waals surface area contributed by atoms with Crippen molar-refractivity contribution in [1.82, 2.24) is 15.1 Å². The number of methoxy groups -OCH3 is 2. The number of aromatic nitrogens is 2. The molecular weight excluding hydrogens is 366 g/mol.